The van der Waals surface area contributed by atoms with Crippen LogP contribution in [-0.2, 0) is 14.3 Å². The molecule has 0 saturated carbocycles. The number of thiazole rings is 1. The first-order chi connectivity index (χ1) is 17.9. The zero-order valence-corrected chi connectivity index (χ0v) is 24.1. The van der Waals surface area contributed by atoms with Crippen molar-refractivity contribution in [2.45, 2.75) is 64.7 Å². The molecule has 3 heterocycles. The molecule has 1 fully saturated rings. The molecule has 1 saturated heterocycles. The number of pyridine rings is 1. The lowest BCUT2D eigenvalue weighted by Gasteiger charge is -2.27. The van der Waals surface area contributed by atoms with Gasteiger partial charge in [-0.2, -0.15) is 0 Å². The summed E-state index contributed by atoms with van der Waals surface area (Å²) in [5.74, 6) is 0.737. The van der Waals surface area contributed by atoms with Crippen LogP contribution in [0, 0.1) is 0 Å². The van der Waals surface area contributed by atoms with Crippen LogP contribution < -0.4 is 9.47 Å². The van der Waals surface area contributed by atoms with Crippen molar-refractivity contribution in [3.63, 3.8) is 0 Å². The van der Waals surface area contributed by atoms with E-state index in [2.05, 4.69) is 13.8 Å². The predicted molar refractivity (Wildman–Crippen MR) is 146 cm³/mol. The molecule has 1 aliphatic heterocycles. The first kappa shape index (κ1) is 27.9. The van der Waals surface area contributed by atoms with Crippen molar-refractivity contribution in [2.24, 2.45) is 0 Å². The Bertz CT molecular complexity index is 1350. The number of fused-ring (bicyclic) bond motifs is 1. The van der Waals surface area contributed by atoms with E-state index in [0.717, 1.165) is 10.7 Å². The maximum atomic E-state index is 12.9. The molecule has 0 radical (unpaired) electrons. The zero-order chi connectivity index (χ0) is 27.8. The minimum Gasteiger partial charge on any atom is -0.495 e. The van der Waals surface area contributed by atoms with Gasteiger partial charge in [-0.25, -0.2) is 19.6 Å². The molecule has 0 N–H and O–H groups in total. The van der Waals surface area contributed by atoms with Crippen LogP contribution in [0.3, 0.4) is 0 Å². The summed E-state index contributed by atoms with van der Waals surface area (Å²) in [6, 6.07) is 4.56. The summed E-state index contributed by atoms with van der Waals surface area (Å²) in [5.41, 5.74) is 1.36. The van der Waals surface area contributed by atoms with E-state index in [-0.39, 0.29) is 18.9 Å². The molecule has 4 rings (SSSR count). The van der Waals surface area contributed by atoms with Gasteiger partial charge in [-0.1, -0.05) is 25.4 Å². The highest BCUT2D eigenvalue weighted by molar-refractivity contribution is 7.13. The van der Waals surface area contributed by atoms with E-state index in [1.807, 2.05) is 17.5 Å². The number of ether oxygens (including phenoxy) is 4. The number of carbonyl (C=O) groups excluding carboxylic acids is 2. The number of rotatable bonds is 6. The van der Waals surface area contributed by atoms with Gasteiger partial charge in [-0.15, -0.1) is 11.3 Å². The molecule has 11 heteroatoms. The molecule has 204 valence electrons. The van der Waals surface area contributed by atoms with Gasteiger partial charge in [-0.3, -0.25) is 4.90 Å². The Morgan fingerprint density at radius 3 is 2.50 bits per heavy atom. The number of esters is 1. The van der Waals surface area contributed by atoms with Gasteiger partial charge in [0.25, 0.3) is 0 Å². The summed E-state index contributed by atoms with van der Waals surface area (Å²) in [6.45, 7) is 9.62. The molecular weight excluding hydrogens is 530 g/mol. The predicted octanol–water partition coefficient (Wildman–Crippen LogP) is 6.07. The lowest BCUT2D eigenvalue weighted by atomic mass is 10.1. The van der Waals surface area contributed by atoms with Crippen LogP contribution in [0.1, 0.15) is 52.7 Å². The van der Waals surface area contributed by atoms with E-state index >= 15 is 0 Å². The summed E-state index contributed by atoms with van der Waals surface area (Å²) in [6.07, 6.45) is -0.867. The van der Waals surface area contributed by atoms with Crippen LogP contribution in [0.4, 0.5) is 4.79 Å². The molecular formula is C27H32ClN3O6S. The van der Waals surface area contributed by atoms with Crippen molar-refractivity contribution in [2.75, 3.05) is 20.8 Å². The van der Waals surface area contributed by atoms with E-state index in [9.17, 15) is 9.59 Å². The quantitative estimate of drug-likeness (QED) is 0.334. The molecule has 0 unspecified atom stereocenters. The third-order valence-corrected chi connectivity index (χ3v) is 7.30. The third kappa shape index (κ3) is 5.81. The van der Waals surface area contributed by atoms with Gasteiger partial charge in [-0.05, 0) is 38.8 Å². The Labute approximate surface area is 231 Å². The molecule has 0 aliphatic carbocycles. The summed E-state index contributed by atoms with van der Waals surface area (Å²) < 4.78 is 22.3. The molecule has 2 aromatic heterocycles. The minimum atomic E-state index is -0.830. The number of nitrogens with zero attached hydrogens (tertiary/aromatic N) is 3. The lowest BCUT2D eigenvalue weighted by Crippen LogP contribution is -2.44. The average Bonchev–Trinajstić information content (AvgIpc) is 3.51. The number of methoxy groups -OCH3 is 2. The van der Waals surface area contributed by atoms with Crippen molar-refractivity contribution >= 4 is 45.9 Å². The van der Waals surface area contributed by atoms with E-state index in [1.54, 1.807) is 33.9 Å². The summed E-state index contributed by atoms with van der Waals surface area (Å²) in [4.78, 5) is 36.3. The molecule has 2 atom stereocenters. The van der Waals surface area contributed by atoms with E-state index in [0.29, 0.717) is 33.1 Å². The fourth-order valence-corrected chi connectivity index (χ4v) is 5.41. The van der Waals surface area contributed by atoms with E-state index in [1.165, 1.54) is 23.3 Å². The number of hydrogen-bond donors (Lipinski definition) is 0. The van der Waals surface area contributed by atoms with Gasteiger partial charge in [0.2, 0.25) is 0 Å². The number of halogens is 1. The number of amides is 1. The molecule has 1 aromatic carbocycles. The highest BCUT2D eigenvalue weighted by atomic mass is 35.5. The largest absolute Gasteiger partial charge is 0.495 e. The second kappa shape index (κ2) is 10.9. The maximum absolute atomic E-state index is 12.9. The molecule has 0 spiro atoms. The van der Waals surface area contributed by atoms with Gasteiger partial charge < -0.3 is 18.9 Å². The topological polar surface area (TPSA) is 100 Å². The van der Waals surface area contributed by atoms with Crippen LogP contribution in [0.5, 0.6) is 11.5 Å². The normalized spacial score (nSPS) is 17.7. The van der Waals surface area contributed by atoms with Gasteiger partial charge in [0.05, 0.1) is 32.0 Å². The fraction of sp³-hybridized carbons (Fsp3) is 0.481. The van der Waals surface area contributed by atoms with Crippen LogP contribution in [-0.4, -0.2) is 65.4 Å². The van der Waals surface area contributed by atoms with Gasteiger partial charge in [0.15, 0.2) is 0 Å². The molecule has 38 heavy (non-hydrogen) atoms. The Morgan fingerprint density at radius 2 is 1.89 bits per heavy atom. The second-order valence-electron chi connectivity index (χ2n) is 10.4. The third-order valence-electron chi connectivity index (χ3n) is 6.06. The molecule has 9 nitrogen and oxygen atoms in total. The first-order valence-electron chi connectivity index (χ1n) is 12.3. The molecule has 3 aromatic rings. The Hall–Kier alpha value is -3.11. The van der Waals surface area contributed by atoms with Crippen molar-refractivity contribution in [1.82, 2.24) is 14.9 Å². The first-order valence-corrected chi connectivity index (χ1v) is 13.5. The van der Waals surface area contributed by atoms with Crippen molar-refractivity contribution < 1.29 is 28.5 Å². The van der Waals surface area contributed by atoms with Crippen molar-refractivity contribution in [1.29, 1.82) is 0 Å². The standard InChI is InChI=1S/C27H32ClN3O6S/c1-14(2)18-13-38-24(30-18)17-11-21(16-8-9-20(34-6)22(28)23(16)29-17)36-15-10-19(25(32)35-7)31(12-15)26(33)37-27(3,4)5/h8-9,11,13-15,19H,10,12H2,1-7H3/t15-,19-/m0/s1. The van der Waals surface area contributed by atoms with Crippen LogP contribution in [0.25, 0.3) is 21.6 Å². The van der Waals surface area contributed by atoms with Crippen molar-refractivity contribution in [3.05, 3.63) is 34.3 Å². The summed E-state index contributed by atoms with van der Waals surface area (Å²) in [5, 5.41) is 3.77. The van der Waals surface area contributed by atoms with Crippen molar-refractivity contribution in [3.8, 4) is 22.2 Å². The highest BCUT2D eigenvalue weighted by Gasteiger charge is 2.43. The molecule has 1 aliphatic rings. The molecule has 0 bridgehead atoms. The smallest absolute Gasteiger partial charge is 0.411 e. The van der Waals surface area contributed by atoms with E-state index in [4.69, 9.17) is 40.5 Å². The number of aromatic nitrogens is 2. The van der Waals surface area contributed by atoms with Gasteiger partial charge in [0.1, 0.15) is 45.0 Å². The highest BCUT2D eigenvalue weighted by Crippen LogP contribution is 2.40. The number of carbonyl (C=O) groups is 2. The summed E-state index contributed by atoms with van der Waals surface area (Å²) >= 11 is 8.15. The van der Waals surface area contributed by atoms with Gasteiger partial charge in [0, 0.05) is 23.3 Å². The fourth-order valence-electron chi connectivity index (χ4n) is 4.19. The average molecular weight is 562 g/mol. The van der Waals surface area contributed by atoms with Gasteiger partial charge >= 0.3 is 12.1 Å². The number of benzene rings is 1. The van der Waals surface area contributed by atoms with Crippen LogP contribution >= 0.6 is 22.9 Å². The lowest BCUT2D eigenvalue weighted by molar-refractivity contribution is -0.145. The monoisotopic (exact) mass is 561 g/mol. The minimum absolute atomic E-state index is 0.145. The maximum Gasteiger partial charge on any atom is 0.411 e. The second-order valence-corrected chi connectivity index (χ2v) is 11.6. The SMILES string of the molecule is COC(=O)[C@@H]1C[C@H](Oc2cc(-c3nc(C(C)C)cs3)nc3c(Cl)c(OC)ccc23)CN1C(=O)OC(C)(C)C. The summed E-state index contributed by atoms with van der Waals surface area (Å²) in [7, 11) is 2.84. The Kier molecular flexibility index (Phi) is 8.04. The number of likely N-dealkylation sites (tertiary alicyclic amines) is 1. The van der Waals surface area contributed by atoms with Crippen LogP contribution in [0.2, 0.25) is 5.02 Å². The Morgan fingerprint density at radius 1 is 1.16 bits per heavy atom. The zero-order valence-electron chi connectivity index (χ0n) is 22.5. The number of hydrogen-bond acceptors (Lipinski definition) is 9. The molecule has 1 amide bonds. The van der Waals surface area contributed by atoms with Crippen LogP contribution in [0.15, 0.2) is 23.6 Å². The van der Waals surface area contributed by atoms with E-state index < -0.39 is 29.8 Å². The Balaban J connectivity index is 1.73.